The predicted molar refractivity (Wildman–Crippen MR) is 92.6 cm³/mol. The third kappa shape index (κ3) is 4.57. The molecule has 25 heavy (non-hydrogen) atoms. The Bertz CT molecular complexity index is 848. The second kappa shape index (κ2) is 7.48. The Hall–Kier alpha value is -3.35. The number of hydrogen-bond acceptors (Lipinski definition) is 5. The highest BCUT2D eigenvalue weighted by molar-refractivity contribution is 5.89. The highest BCUT2D eigenvalue weighted by Gasteiger charge is 2.15. The quantitative estimate of drug-likeness (QED) is 0.732. The average molecular weight is 338 g/mol. The van der Waals surface area contributed by atoms with E-state index >= 15 is 0 Å². The predicted octanol–water partition coefficient (Wildman–Crippen LogP) is 4.05. The molecule has 0 saturated heterocycles. The number of aryl methyl sites for hydroxylation is 1. The van der Waals surface area contributed by atoms with E-state index in [0.29, 0.717) is 23.2 Å². The number of amides is 2. The van der Waals surface area contributed by atoms with Crippen LogP contribution in [0.5, 0.6) is 11.5 Å². The van der Waals surface area contributed by atoms with Crippen molar-refractivity contribution >= 4 is 11.7 Å². The molecule has 3 rings (SSSR count). The van der Waals surface area contributed by atoms with Gasteiger partial charge >= 0.3 is 6.03 Å². The number of carbonyl (C=O) groups is 1. The number of nitrogens with one attached hydrogen (secondary N) is 2. The molecule has 0 aliphatic rings. The molecule has 2 amide bonds. The molecule has 0 bridgehead atoms. The zero-order valence-electron chi connectivity index (χ0n) is 13.9. The number of carbonyl (C=O) groups excluding carboxylic acids is 1. The summed E-state index contributed by atoms with van der Waals surface area (Å²) in [6.45, 7) is 3.49. The summed E-state index contributed by atoms with van der Waals surface area (Å²) in [5.74, 6) is 2.23. The van der Waals surface area contributed by atoms with Gasteiger partial charge in [0.15, 0.2) is 5.82 Å². The lowest BCUT2D eigenvalue weighted by atomic mass is 10.3. The van der Waals surface area contributed by atoms with Gasteiger partial charge in [-0.1, -0.05) is 29.4 Å². The van der Waals surface area contributed by atoms with Crippen LogP contribution in [0.15, 0.2) is 59.1 Å². The van der Waals surface area contributed by atoms with Crippen LogP contribution in [0.25, 0.3) is 0 Å². The third-order valence-corrected chi connectivity index (χ3v) is 3.33. The third-order valence-electron chi connectivity index (χ3n) is 3.33. The summed E-state index contributed by atoms with van der Waals surface area (Å²) in [6.07, 6.45) is 0. The lowest BCUT2D eigenvalue weighted by Gasteiger charge is -2.12. The maximum Gasteiger partial charge on any atom is 0.319 e. The second-order valence-corrected chi connectivity index (χ2v) is 5.44. The van der Waals surface area contributed by atoms with E-state index in [1.54, 1.807) is 32.0 Å². The number of urea groups is 1. The van der Waals surface area contributed by atoms with Crippen LogP contribution in [0.3, 0.4) is 0 Å². The van der Waals surface area contributed by atoms with E-state index in [1.165, 1.54) is 0 Å². The summed E-state index contributed by atoms with van der Waals surface area (Å²) in [7, 11) is 0. The molecular weight excluding hydrogens is 320 g/mol. The first-order valence-electron chi connectivity index (χ1n) is 7.81. The minimum atomic E-state index is -0.398. The highest BCUT2D eigenvalue weighted by atomic mass is 16.5. The normalized spacial score (nSPS) is 11.6. The molecule has 0 aliphatic carbocycles. The minimum Gasteiger partial charge on any atom is -0.457 e. The molecule has 7 heteroatoms. The van der Waals surface area contributed by atoms with Gasteiger partial charge in [0.05, 0.1) is 0 Å². The Balaban J connectivity index is 1.60. The van der Waals surface area contributed by atoms with Crippen LogP contribution in [-0.2, 0) is 0 Å². The van der Waals surface area contributed by atoms with Crippen LogP contribution in [0.1, 0.15) is 24.7 Å². The first-order chi connectivity index (χ1) is 12.1. The molecule has 0 aliphatic heterocycles. The number of para-hydroxylation sites is 1. The number of benzene rings is 2. The largest absolute Gasteiger partial charge is 0.457 e. The summed E-state index contributed by atoms with van der Waals surface area (Å²) in [5, 5.41) is 9.20. The van der Waals surface area contributed by atoms with Gasteiger partial charge in [0.25, 0.3) is 0 Å². The highest BCUT2D eigenvalue weighted by Crippen LogP contribution is 2.23. The molecule has 0 radical (unpaired) electrons. The molecule has 3 aromatic rings. The Morgan fingerprint density at radius 3 is 2.60 bits per heavy atom. The summed E-state index contributed by atoms with van der Waals surface area (Å²) >= 11 is 0. The van der Waals surface area contributed by atoms with Crippen LogP contribution in [-0.4, -0.2) is 16.2 Å². The Kier molecular flexibility index (Phi) is 4.94. The monoisotopic (exact) mass is 338 g/mol. The molecule has 0 spiro atoms. The number of rotatable bonds is 5. The standard InChI is InChI=1S/C18H18N4O3/c1-12(17-20-13(2)22-25-17)19-18(23)21-14-7-6-10-16(11-14)24-15-8-4-3-5-9-15/h3-12H,1-2H3,(H2,19,21,23)/t12-/m1/s1. The number of aromatic nitrogens is 2. The van der Waals surface area contributed by atoms with E-state index in [2.05, 4.69) is 20.8 Å². The molecule has 0 unspecified atom stereocenters. The van der Waals surface area contributed by atoms with Gasteiger partial charge < -0.3 is 19.9 Å². The Morgan fingerprint density at radius 2 is 1.88 bits per heavy atom. The van der Waals surface area contributed by atoms with E-state index in [1.807, 2.05) is 36.4 Å². The van der Waals surface area contributed by atoms with Gasteiger partial charge in [0, 0.05) is 11.8 Å². The number of hydrogen-bond donors (Lipinski definition) is 2. The van der Waals surface area contributed by atoms with Gasteiger partial charge in [-0.3, -0.25) is 0 Å². The topological polar surface area (TPSA) is 89.3 Å². The van der Waals surface area contributed by atoms with Crippen LogP contribution in [0, 0.1) is 6.92 Å². The Labute approximate surface area is 145 Å². The summed E-state index contributed by atoms with van der Waals surface area (Å²) in [6, 6.07) is 15.8. The maximum atomic E-state index is 12.1. The van der Waals surface area contributed by atoms with Crippen molar-refractivity contribution in [3.8, 4) is 11.5 Å². The molecule has 1 aromatic heterocycles. The lowest BCUT2D eigenvalue weighted by molar-refractivity contribution is 0.245. The van der Waals surface area contributed by atoms with Crippen LogP contribution < -0.4 is 15.4 Å². The van der Waals surface area contributed by atoms with Gasteiger partial charge in [-0.2, -0.15) is 4.98 Å². The van der Waals surface area contributed by atoms with Crippen molar-refractivity contribution in [3.05, 3.63) is 66.3 Å². The van der Waals surface area contributed by atoms with E-state index in [0.717, 1.165) is 5.75 Å². The summed E-state index contributed by atoms with van der Waals surface area (Å²) in [4.78, 5) is 16.2. The lowest BCUT2D eigenvalue weighted by Crippen LogP contribution is -2.31. The number of anilines is 1. The molecule has 1 atom stereocenters. The van der Waals surface area contributed by atoms with Crippen molar-refractivity contribution in [2.24, 2.45) is 0 Å². The molecule has 2 aromatic carbocycles. The molecular formula is C18H18N4O3. The first kappa shape index (κ1) is 16.5. The maximum absolute atomic E-state index is 12.1. The van der Waals surface area contributed by atoms with Gasteiger partial charge in [-0.25, -0.2) is 4.79 Å². The summed E-state index contributed by atoms with van der Waals surface area (Å²) in [5.41, 5.74) is 0.611. The fraction of sp³-hybridized carbons (Fsp3) is 0.167. The van der Waals surface area contributed by atoms with E-state index in [9.17, 15) is 4.79 Å². The number of ether oxygens (including phenoxy) is 1. The van der Waals surface area contributed by atoms with Crippen molar-refractivity contribution in [2.45, 2.75) is 19.9 Å². The zero-order valence-corrected chi connectivity index (χ0v) is 13.9. The molecule has 0 fully saturated rings. The smallest absolute Gasteiger partial charge is 0.319 e. The summed E-state index contributed by atoms with van der Waals surface area (Å²) < 4.78 is 10.8. The minimum absolute atomic E-state index is 0.355. The van der Waals surface area contributed by atoms with Gasteiger partial charge in [0.2, 0.25) is 5.89 Å². The van der Waals surface area contributed by atoms with Gasteiger partial charge in [0.1, 0.15) is 17.5 Å². The van der Waals surface area contributed by atoms with Crippen LogP contribution in [0.2, 0.25) is 0 Å². The van der Waals surface area contributed by atoms with Gasteiger partial charge in [-0.05, 0) is 38.1 Å². The molecule has 7 nitrogen and oxygen atoms in total. The number of nitrogens with zero attached hydrogens (tertiary/aromatic N) is 2. The molecule has 1 heterocycles. The van der Waals surface area contributed by atoms with Crippen LogP contribution in [0.4, 0.5) is 10.5 Å². The van der Waals surface area contributed by atoms with Crippen LogP contribution >= 0.6 is 0 Å². The first-order valence-corrected chi connectivity index (χ1v) is 7.81. The fourth-order valence-corrected chi connectivity index (χ4v) is 2.18. The van der Waals surface area contributed by atoms with Crippen molar-refractivity contribution in [1.29, 1.82) is 0 Å². The van der Waals surface area contributed by atoms with Crippen molar-refractivity contribution in [3.63, 3.8) is 0 Å². The average Bonchev–Trinajstić information content (AvgIpc) is 3.02. The van der Waals surface area contributed by atoms with Gasteiger partial charge in [-0.15, -0.1) is 0 Å². The van der Waals surface area contributed by atoms with Crippen molar-refractivity contribution < 1.29 is 14.1 Å². The molecule has 2 N–H and O–H groups in total. The fourth-order valence-electron chi connectivity index (χ4n) is 2.18. The van der Waals surface area contributed by atoms with E-state index in [4.69, 9.17) is 9.26 Å². The van der Waals surface area contributed by atoms with Crippen molar-refractivity contribution in [1.82, 2.24) is 15.5 Å². The van der Waals surface area contributed by atoms with Crippen molar-refractivity contribution in [2.75, 3.05) is 5.32 Å². The Morgan fingerprint density at radius 1 is 1.12 bits per heavy atom. The SMILES string of the molecule is Cc1noc([C@@H](C)NC(=O)Nc2cccc(Oc3ccccc3)c2)n1. The second-order valence-electron chi connectivity index (χ2n) is 5.44. The van der Waals surface area contributed by atoms with E-state index in [-0.39, 0.29) is 6.03 Å². The van der Waals surface area contributed by atoms with E-state index < -0.39 is 6.04 Å². The molecule has 0 saturated carbocycles. The zero-order chi connectivity index (χ0) is 17.6. The molecule has 128 valence electrons.